The van der Waals surface area contributed by atoms with Crippen molar-refractivity contribution in [3.05, 3.63) is 33.8 Å². The molecule has 2 heterocycles. The zero-order chi connectivity index (χ0) is 11.1. The summed E-state index contributed by atoms with van der Waals surface area (Å²) in [6.07, 6.45) is -0.183. The van der Waals surface area contributed by atoms with Gasteiger partial charge in [0.25, 0.3) is 0 Å². The van der Waals surface area contributed by atoms with Gasteiger partial charge in [0.2, 0.25) is 0 Å². The molecule has 3 nitrogen and oxygen atoms in total. The quantitative estimate of drug-likeness (QED) is 0.775. The van der Waals surface area contributed by atoms with Crippen LogP contribution in [0.1, 0.15) is 11.7 Å². The number of nitrogens with zero attached hydrogens (tertiary/aromatic N) is 1. The van der Waals surface area contributed by atoms with E-state index in [1.807, 2.05) is 6.07 Å². The Morgan fingerprint density at radius 1 is 1.25 bits per heavy atom. The van der Waals surface area contributed by atoms with Gasteiger partial charge in [0, 0.05) is 15.6 Å². The largest absolute Gasteiger partial charge is 0.395 e. The third-order valence-corrected chi connectivity index (χ3v) is 3.40. The molecule has 0 aromatic heterocycles. The van der Waals surface area contributed by atoms with Crippen molar-refractivity contribution in [2.45, 2.75) is 6.10 Å². The summed E-state index contributed by atoms with van der Waals surface area (Å²) in [6.45, 7) is 1.25. The second kappa shape index (κ2) is 3.91. The molecule has 1 fully saturated rings. The second-order valence-corrected chi connectivity index (χ2v) is 4.73. The number of oxime groups is 1. The highest BCUT2D eigenvalue weighted by Crippen LogP contribution is 2.37. The predicted octanol–water partition coefficient (Wildman–Crippen LogP) is 3.07. The molecule has 0 radical (unpaired) electrons. The Morgan fingerprint density at radius 2 is 2.12 bits per heavy atom. The van der Waals surface area contributed by atoms with Crippen LogP contribution in [0.15, 0.2) is 23.4 Å². The molecule has 0 aliphatic carbocycles. The molecule has 3 rings (SSSR count). The molecule has 0 spiro atoms. The van der Waals surface area contributed by atoms with Crippen molar-refractivity contribution in [3.63, 3.8) is 0 Å². The molecule has 1 aromatic rings. The topological polar surface area (TPSA) is 30.8 Å². The number of rotatable bonds is 1. The molecular weight excluding hydrogens is 249 g/mol. The SMILES string of the molecule is Clc1ccc([C@@H]2OC[C@H]3CON=C32)c(Cl)c1. The average molecular weight is 258 g/mol. The lowest BCUT2D eigenvalue weighted by Crippen LogP contribution is -2.12. The normalized spacial score (nSPS) is 27.5. The van der Waals surface area contributed by atoms with E-state index in [0.29, 0.717) is 23.3 Å². The van der Waals surface area contributed by atoms with Crippen molar-refractivity contribution in [3.8, 4) is 0 Å². The van der Waals surface area contributed by atoms with Crippen LogP contribution in [-0.4, -0.2) is 18.9 Å². The van der Waals surface area contributed by atoms with Crippen LogP contribution in [0.3, 0.4) is 0 Å². The number of benzene rings is 1. The van der Waals surface area contributed by atoms with Crippen LogP contribution in [0.25, 0.3) is 0 Å². The minimum Gasteiger partial charge on any atom is -0.395 e. The van der Waals surface area contributed by atoms with E-state index in [0.717, 1.165) is 11.3 Å². The first-order valence-electron chi connectivity index (χ1n) is 5.02. The number of hydrogen-bond donors (Lipinski definition) is 0. The fraction of sp³-hybridized carbons (Fsp3) is 0.364. The molecule has 2 atom stereocenters. The van der Waals surface area contributed by atoms with Crippen molar-refractivity contribution < 1.29 is 9.57 Å². The van der Waals surface area contributed by atoms with Crippen LogP contribution in [0.5, 0.6) is 0 Å². The number of halogens is 2. The molecule has 0 N–H and O–H groups in total. The Balaban J connectivity index is 1.98. The third kappa shape index (κ3) is 1.59. The summed E-state index contributed by atoms with van der Waals surface area (Å²) in [5, 5.41) is 5.24. The van der Waals surface area contributed by atoms with Crippen LogP contribution < -0.4 is 0 Å². The Labute approximate surface area is 103 Å². The lowest BCUT2D eigenvalue weighted by molar-refractivity contribution is 0.0793. The minimum atomic E-state index is -0.183. The van der Waals surface area contributed by atoms with E-state index in [9.17, 15) is 0 Å². The van der Waals surface area contributed by atoms with Gasteiger partial charge in [-0.2, -0.15) is 0 Å². The summed E-state index contributed by atoms with van der Waals surface area (Å²) in [4.78, 5) is 5.07. The lowest BCUT2D eigenvalue weighted by Gasteiger charge is -2.11. The highest BCUT2D eigenvalue weighted by atomic mass is 35.5. The minimum absolute atomic E-state index is 0.183. The van der Waals surface area contributed by atoms with Crippen LogP contribution in [-0.2, 0) is 9.57 Å². The maximum atomic E-state index is 6.14. The predicted molar refractivity (Wildman–Crippen MR) is 62.0 cm³/mol. The lowest BCUT2D eigenvalue weighted by atomic mass is 9.99. The van der Waals surface area contributed by atoms with Crippen molar-refractivity contribution in [1.29, 1.82) is 0 Å². The van der Waals surface area contributed by atoms with Gasteiger partial charge in [0.05, 0.1) is 18.2 Å². The zero-order valence-corrected chi connectivity index (χ0v) is 9.83. The smallest absolute Gasteiger partial charge is 0.127 e. The maximum absolute atomic E-state index is 6.14. The maximum Gasteiger partial charge on any atom is 0.127 e. The molecule has 16 heavy (non-hydrogen) atoms. The van der Waals surface area contributed by atoms with Crippen LogP contribution >= 0.6 is 23.2 Å². The summed E-state index contributed by atoms with van der Waals surface area (Å²) >= 11 is 12.0. The van der Waals surface area contributed by atoms with Gasteiger partial charge in [0.1, 0.15) is 12.7 Å². The van der Waals surface area contributed by atoms with Gasteiger partial charge in [0.15, 0.2) is 0 Å². The fourth-order valence-corrected chi connectivity index (χ4v) is 2.53. The van der Waals surface area contributed by atoms with Gasteiger partial charge >= 0.3 is 0 Å². The first kappa shape index (κ1) is 10.4. The van der Waals surface area contributed by atoms with E-state index in [1.54, 1.807) is 12.1 Å². The van der Waals surface area contributed by atoms with Crippen LogP contribution in [0.4, 0.5) is 0 Å². The van der Waals surface area contributed by atoms with Crippen molar-refractivity contribution >= 4 is 28.9 Å². The Bertz CT molecular complexity index is 461. The van der Waals surface area contributed by atoms with E-state index >= 15 is 0 Å². The van der Waals surface area contributed by atoms with Gasteiger partial charge in [-0.1, -0.05) is 34.4 Å². The second-order valence-electron chi connectivity index (χ2n) is 3.89. The first-order valence-corrected chi connectivity index (χ1v) is 5.77. The molecule has 2 aliphatic rings. The fourth-order valence-electron chi connectivity index (χ4n) is 2.02. The average Bonchev–Trinajstić information content (AvgIpc) is 2.80. The molecule has 5 heteroatoms. The molecule has 1 saturated heterocycles. The van der Waals surface area contributed by atoms with E-state index in [-0.39, 0.29) is 12.0 Å². The van der Waals surface area contributed by atoms with E-state index in [1.165, 1.54) is 0 Å². The van der Waals surface area contributed by atoms with Crippen molar-refractivity contribution in [2.24, 2.45) is 11.1 Å². The molecular formula is C11H9Cl2NO2. The molecule has 0 bridgehead atoms. The molecule has 0 amide bonds. The molecule has 84 valence electrons. The number of hydrogen-bond acceptors (Lipinski definition) is 3. The monoisotopic (exact) mass is 257 g/mol. The molecule has 1 aromatic carbocycles. The van der Waals surface area contributed by atoms with Gasteiger partial charge in [-0.25, -0.2) is 0 Å². The Kier molecular flexibility index (Phi) is 2.54. The van der Waals surface area contributed by atoms with E-state index < -0.39 is 0 Å². The number of fused-ring (bicyclic) bond motifs is 1. The highest BCUT2D eigenvalue weighted by Gasteiger charge is 2.39. The summed E-state index contributed by atoms with van der Waals surface area (Å²) in [7, 11) is 0. The summed E-state index contributed by atoms with van der Waals surface area (Å²) in [5.74, 6) is 0.275. The van der Waals surface area contributed by atoms with Crippen LogP contribution in [0.2, 0.25) is 10.0 Å². The molecule has 0 unspecified atom stereocenters. The van der Waals surface area contributed by atoms with E-state index in [4.69, 9.17) is 32.8 Å². The Hall–Kier alpha value is -0.770. The Morgan fingerprint density at radius 3 is 2.94 bits per heavy atom. The summed E-state index contributed by atoms with van der Waals surface area (Å²) in [6, 6.07) is 5.39. The van der Waals surface area contributed by atoms with Crippen molar-refractivity contribution in [1.82, 2.24) is 0 Å². The number of ether oxygens (including phenoxy) is 1. The van der Waals surface area contributed by atoms with Gasteiger partial charge in [-0.15, -0.1) is 0 Å². The highest BCUT2D eigenvalue weighted by molar-refractivity contribution is 6.35. The summed E-state index contributed by atoms with van der Waals surface area (Å²) in [5.41, 5.74) is 1.84. The van der Waals surface area contributed by atoms with E-state index in [2.05, 4.69) is 5.16 Å². The zero-order valence-electron chi connectivity index (χ0n) is 8.32. The summed E-state index contributed by atoms with van der Waals surface area (Å²) < 4.78 is 5.69. The van der Waals surface area contributed by atoms with Gasteiger partial charge in [-0.05, 0) is 12.1 Å². The third-order valence-electron chi connectivity index (χ3n) is 2.84. The standard InChI is InChI=1S/C11H9Cl2NO2/c12-7-1-2-8(9(13)3-7)11-10-6(4-15-11)5-16-14-10/h1-3,6,11H,4-5H2/t6-,11-/m0/s1. The molecule has 0 saturated carbocycles. The molecule has 2 aliphatic heterocycles. The van der Waals surface area contributed by atoms with Crippen LogP contribution in [0, 0.1) is 5.92 Å². The van der Waals surface area contributed by atoms with Crippen molar-refractivity contribution in [2.75, 3.05) is 13.2 Å². The first-order chi connectivity index (χ1) is 7.75. The van der Waals surface area contributed by atoms with Gasteiger partial charge in [-0.3, -0.25) is 0 Å². The van der Waals surface area contributed by atoms with Gasteiger partial charge < -0.3 is 9.57 Å².